The van der Waals surface area contributed by atoms with E-state index in [1.54, 1.807) is 5.57 Å². The normalized spacial score (nSPS) is 23.6. The molecule has 0 spiro atoms. The third-order valence-corrected chi connectivity index (χ3v) is 6.92. The Balaban J connectivity index is 1.94. The number of allylic oxidation sites excluding steroid dienone is 2. The van der Waals surface area contributed by atoms with Gasteiger partial charge in [0.25, 0.3) is 0 Å². The largest absolute Gasteiger partial charge is 0.209 e. The predicted molar refractivity (Wildman–Crippen MR) is 116 cm³/mol. The minimum absolute atomic E-state index is 0.0305. The minimum Gasteiger partial charge on any atom is -0.195 e. The maximum atomic E-state index is 2.55. The molecule has 4 rings (SSSR count). The third kappa shape index (κ3) is 2.47. The molecule has 1 atom stereocenters. The molecule has 140 valence electrons. The Hall–Kier alpha value is -2.15. The molecule has 2 aromatic rings. The van der Waals surface area contributed by atoms with Gasteiger partial charge in [-0.25, -0.2) is 0 Å². The summed E-state index contributed by atoms with van der Waals surface area (Å²) in [6, 6.07) is 18.0. The van der Waals surface area contributed by atoms with Gasteiger partial charge in [-0.1, -0.05) is 63.2 Å². The van der Waals surface area contributed by atoms with Crippen LogP contribution in [0.15, 0.2) is 60.2 Å². The van der Waals surface area contributed by atoms with Gasteiger partial charge in [0, 0.05) is 29.0 Å². The van der Waals surface area contributed by atoms with Crippen molar-refractivity contribution in [3.63, 3.8) is 0 Å². The molecule has 0 bridgehead atoms. The van der Waals surface area contributed by atoms with Crippen LogP contribution in [0.25, 0.3) is 0 Å². The van der Waals surface area contributed by atoms with Crippen LogP contribution in [0.2, 0.25) is 0 Å². The molecule has 27 heavy (non-hydrogen) atoms. The number of nitrogens with zero attached hydrogens (tertiary/aromatic N) is 1. The maximum Gasteiger partial charge on any atom is 0.209 e. The van der Waals surface area contributed by atoms with Gasteiger partial charge in [0.2, 0.25) is 5.69 Å². The smallest absolute Gasteiger partial charge is 0.195 e. The molecule has 0 N–H and O–H groups in total. The third-order valence-electron chi connectivity index (χ3n) is 6.92. The lowest BCUT2D eigenvalue weighted by molar-refractivity contribution is -0.433. The van der Waals surface area contributed by atoms with Crippen LogP contribution in [0.4, 0.5) is 5.69 Å². The number of rotatable bonds is 3. The second-order valence-electron chi connectivity index (χ2n) is 9.04. The van der Waals surface area contributed by atoms with Crippen molar-refractivity contribution >= 4 is 11.4 Å². The molecule has 2 aliphatic rings. The summed E-state index contributed by atoms with van der Waals surface area (Å²) in [5.41, 5.74) is 8.96. The highest BCUT2D eigenvalue weighted by Crippen LogP contribution is 2.52. The van der Waals surface area contributed by atoms with E-state index in [-0.39, 0.29) is 10.8 Å². The van der Waals surface area contributed by atoms with E-state index < -0.39 is 0 Å². The summed E-state index contributed by atoms with van der Waals surface area (Å²) in [5.74, 6) is 0.516. The molecule has 1 aliphatic carbocycles. The number of para-hydroxylation sites is 1. The van der Waals surface area contributed by atoms with E-state index in [0.29, 0.717) is 5.92 Å². The van der Waals surface area contributed by atoms with Gasteiger partial charge in [0.1, 0.15) is 6.54 Å². The maximum absolute atomic E-state index is 2.55. The highest BCUT2D eigenvalue weighted by Gasteiger charge is 2.47. The van der Waals surface area contributed by atoms with Gasteiger partial charge in [0.05, 0.1) is 5.41 Å². The summed E-state index contributed by atoms with van der Waals surface area (Å²) in [4.78, 5) is 0. The van der Waals surface area contributed by atoms with Crippen molar-refractivity contribution in [3.8, 4) is 0 Å². The van der Waals surface area contributed by atoms with Gasteiger partial charge in [-0.05, 0) is 43.9 Å². The molecule has 0 saturated carbocycles. The lowest BCUT2D eigenvalue weighted by Crippen LogP contribution is -2.29. The van der Waals surface area contributed by atoms with Crippen LogP contribution in [0, 0.1) is 0 Å². The first-order chi connectivity index (χ1) is 12.8. The summed E-state index contributed by atoms with van der Waals surface area (Å²) < 4.78 is 2.52. The van der Waals surface area contributed by atoms with Crippen LogP contribution < -0.4 is 0 Å². The first kappa shape index (κ1) is 18.2. The van der Waals surface area contributed by atoms with Crippen LogP contribution in [0.3, 0.4) is 0 Å². The summed E-state index contributed by atoms with van der Waals surface area (Å²) in [6.07, 6.45) is 3.71. The van der Waals surface area contributed by atoms with Crippen molar-refractivity contribution in [2.24, 2.45) is 0 Å². The Morgan fingerprint density at radius 3 is 2.15 bits per heavy atom. The summed E-state index contributed by atoms with van der Waals surface area (Å²) in [5, 5.41) is 0. The van der Waals surface area contributed by atoms with E-state index in [4.69, 9.17) is 0 Å². The molecule has 1 aliphatic heterocycles. The second-order valence-corrected chi connectivity index (χ2v) is 9.04. The number of benzene rings is 2. The van der Waals surface area contributed by atoms with E-state index in [0.717, 1.165) is 13.0 Å². The van der Waals surface area contributed by atoms with E-state index in [2.05, 4.69) is 101 Å². The quantitative estimate of drug-likeness (QED) is 0.551. The lowest BCUT2D eigenvalue weighted by atomic mass is 9.76. The van der Waals surface area contributed by atoms with Crippen molar-refractivity contribution in [2.75, 3.05) is 6.54 Å². The predicted octanol–water partition coefficient (Wildman–Crippen LogP) is 6.49. The average molecular weight is 359 g/mol. The molecule has 0 amide bonds. The Morgan fingerprint density at radius 2 is 1.48 bits per heavy atom. The molecule has 1 nitrogen and oxygen atoms in total. The zero-order chi connectivity index (χ0) is 19.4. The first-order valence-electron chi connectivity index (χ1n) is 10.4. The van der Waals surface area contributed by atoms with Gasteiger partial charge < -0.3 is 0 Å². The fourth-order valence-corrected chi connectivity index (χ4v) is 5.44. The Morgan fingerprint density at radius 1 is 0.852 bits per heavy atom. The van der Waals surface area contributed by atoms with Crippen LogP contribution in [-0.2, 0) is 10.8 Å². The van der Waals surface area contributed by atoms with Gasteiger partial charge in [-0.3, -0.25) is 0 Å². The number of hydrogen-bond acceptors (Lipinski definition) is 0. The average Bonchev–Trinajstić information content (AvgIpc) is 3.01. The van der Waals surface area contributed by atoms with Crippen molar-refractivity contribution in [2.45, 2.75) is 64.7 Å². The van der Waals surface area contributed by atoms with Gasteiger partial charge in [-0.2, -0.15) is 4.58 Å². The Labute approximate surface area is 164 Å². The molecular formula is C26H32N+. The molecular weight excluding hydrogens is 326 g/mol. The molecule has 1 heterocycles. The van der Waals surface area contributed by atoms with Crippen LogP contribution in [0.1, 0.15) is 70.6 Å². The first-order valence-corrected chi connectivity index (χ1v) is 10.4. The number of fused-ring (bicyclic) bond motifs is 2. The molecule has 1 heteroatoms. The molecule has 0 aromatic heterocycles. The molecule has 2 aromatic carbocycles. The van der Waals surface area contributed by atoms with Crippen molar-refractivity contribution < 1.29 is 4.58 Å². The van der Waals surface area contributed by atoms with E-state index in [9.17, 15) is 0 Å². The summed E-state index contributed by atoms with van der Waals surface area (Å²) >= 11 is 0. The number of hydrogen-bond donors (Lipinski definition) is 0. The highest BCUT2D eigenvalue weighted by molar-refractivity contribution is 6.04. The Bertz CT molecular complexity index is 956. The van der Waals surface area contributed by atoms with Gasteiger partial charge in [0.15, 0.2) is 5.71 Å². The minimum atomic E-state index is 0.0305. The van der Waals surface area contributed by atoms with Crippen molar-refractivity contribution in [3.05, 3.63) is 76.9 Å². The second kappa shape index (κ2) is 6.19. The fourth-order valence-electron chi connectivity index (χ4n) is 5.44. The van der Waals surface area contributed by atoms with Crippen LogP contribution >= 0.6 is 0 Å². The van der Waals surface area contributed by atoms with Crippen molar-refractivity contribution in [1.29, 1.82) is 0 Å². The summed E-state index contributed by atoms with van der Waals surface area (Å²) in [6.45, 7) is 15.2. The van der Waals surface area contributed by atoms with Crippen molar-refractivity contribution in [1.82, 2.24) is 0 Å². The molecule has 1 unspecified atom stereocenters. The standard InChI is InChI=1S/C26H32N/c1-7-18-19-13-9-10-14-20(19)25(3,4)22(18)17-24-26(5,6)21-15-11-12-16-23(21)27(24)8-2/h9-18H,7-8H2,1-6H3/q+1/b22-17+. The SMILES string of the molecule is CCC1/C(=C\C2=[N+](CC)c3ccccc3C2(C)C)C(C)(C)c2ccccc21. The van der Waals surface area contributed by atoms with Gasteiger partial charge in [-0.15, -0.1) is 0 Å². The zero-order valence-corrected chi connectivity index (χ0v) is 17.6. The van der Waals surface area contributed by atoms with Crippen LogP contribution in [-0.4, -0.2) is 16.8 Å². The summed E-state index contributed by atoms with van der Waals surface area (Å²) in [7, 11) is 0. The van der Waals surface area contributed by atoms with E-state index >= 15 is 0 Å². The monoisotopic (exact) mass is 358 g/mol. The van der Waals surface area contributed by atoms with Gasteiger partial charge >= 0.3 is 0 Å². The lowest BCUT2D eigenvalue weighted by Gasteiger charge is -2.25. The molecule has 0 radical (unpaired) electrons. The zero-order valence-electron chi connectivity index (χ0n) is 17.6. The van der Waals surface area contributed by atoms with E-state index in [1.807, 2.05) is 0 Å². The Kier molecular flexibility index (Phi) is 4.18. The molecule has 0 saturated heterocycles. The molecule has 0 fully saturated rings. The van der Waals surface area contributed by atoms with Crippen LogP contribution in [0.5, 0.6) is 0 Å². The fraction of sp³-hybridized carbons (Fsp3) is 0.423. The van der Waals surface area contributed by atoms with E-state index in [1.165, 1.54) is 28.1 Å². The highest BCUT2D eigenvalue weighted by atomic mass is 15.0. The topological polar surface area (TPSA) is 3.01 Å².